The number of hydrogen-bond donors (Lipinski definition) is 1. The number of nitrogens with two attached hydrogens (primary N) is 1. The second kappa shape index (κ2) is 5.24. The highest BCUT2D eigenvalue weighted by molar-refractivity contribution is 7.99. The van der Waals surface area contributed by atoms with Crippen LogP contribution in [0.25, 0.3) is 0 Å². The second-order valence-corrected chi connectivity index (χ2v) is 5.71. The molecule has 1 aromatic rings. The van der Waals surface area contributed by atoms with Gasteiger partial charge in [0.25, 0.3) is 0 Å². The van der Waals surface area contributed by atoms with Crippen LogP contribution >= 0.6 is 23.4 Å². The normalized spacial score (nSPS) is 26.5. The zero-order valence-electron chi connectivity index (χ0n) is 8.66. The first-order chi connectivity index (χ1) is 7.25. The van der Waals surface area contributed by atoms with Crippen LogP contribution in [0.5, 0.6) is 0 Å². The predicted molar refractivity (Wildman–Crippen MR) is 68.6 cm³/mol. The molecule has 0 aliphatic carbocycles. The second-order valence-electron chi connectivity index (χ2n) is 4.12. The predicted octanol–water partition coefficient (Wildman–Crippen LogP) is 2.96. The van der Waals surface area contributed by atoms with Crippen LogP contribution in [0, 0.1) is 5.92 Å². The van der Waals surface area contributed by atoms with E-state index in [1.165, 1.54) is 17.1 Å². The fourth-order valence-corrected chi connectivity index (χ4v) is 3.48. The maximum Gasteiger partial charge on any atom is 0.0408 e. The third-order valence-electron chi connectivity index (χ3n) is 2.92. The van der Waals surface area contributed by atoms with Gasteiger partial charge in [-0.3, -0.25) is 0 Å². The van der Waals surface area contributed by atoms with Crippen molar-refractivity contribution in [3.8, 4) is 0 Å². The SMILES string of the molecule is NC1CCSCC1Cc1cccc(Cl)c1. The lowest BCUT2D eigenvalue weighted by molar-refractivity contribution is 0.441. The molecule has 1 heterocycles. The van der Waals surface area contributed by atoms with E-state index in [9.17, 15) is 0 Å². The lowest BCUT2D eigenvalue weighted by atomic mass is 9.92. The standard InChI is InChI=1S/C12H16ClNS/c13-11-3-1-2-9(7-11)6-10-8-15-5-4-12(10)14/h1-3,7,10,12H,4-6,8,14H2. The van der Waals surface area contributed by atoms with Gasteiger partial charge in [0, 0.05) is 11.1 Å². The van der Waals surface area contributed by atoms with Crippen molar-refractivity contribution in [3.63, 3.8) is 0 Å². The smallest absolute Gasteiger partial charge is 0.0408 e. The van der Waals surface area contributed by atoms with Crippen molar-refractivity contribution in [2.24, 2.45) is 11.7 Å². The lowest BCUT2D eigenvalue weighted by Crippen LogP contribution is -2.36. The van der Waals surface area contributed by atoms with Crippen LogP contribution in [0.1, 0.15) is 12.0 Å². The van der Waals surface area contributed by atoms with Crippen molar-refractivity contribution < 1.29 is 0 Å². The van der Waals surface area contributed by atoms with Crippen molar-refractivity contribution in [3.05, 3.63) is 34.9 Å². The first kappa shape index (κ1) is 11.3. The van der Waals surface area contributed by atoms with Crippen LogP contribution in [0.2, 0.25) is 5.02 Å². The summed E-state index contributed by atoms with van der Waals surface area (Å²) in [6.07, 6.45) is 2.21. The van der Waals surface area contributed by atoms with Gasteiger partial charge in [-0.15, -0.1) is 0 Å². The minimum atomic E-state index is 0.366. The maximum absolute atomic E-state index is 6.12. The summed E-state index contributed by atoms with van der Waals surface area (Å²) in [7, 11) is 0. The summed E-state index contributed by atoms with van der Waals surface area (Å²) in [6.45, 7) is 0. The molecule has 1 nitrogen and oxygen atoms in total. The molecule has 2 unspecified atom stereocenters. The van der Waals surface area contributed by atoms with E-state index in [1.807, 2.05) is 30.0 Å². The molecule has 0 saturated carbocycles. The first-order valence-electron chi connectivity index (χ1n) is 5.33. The summed E-state index contributed by atoms with van der Waals surface area (Å²) in [6, 6.07) is 8.48. The average molecular weight is 242 g/mol. The van der Waals surface area contributed by atoms with Gasteiger partial charge >= 0.3 is 0 Å². The van der Waals surface area contributed by atoms with E-state index >= 15 is 0 Å². The van der Waals surface area contributed by atoms with E-state index in [-0.39, 0.29) is 0 Å². The van der Waals surface area contributed by atoms with Crippen LogP contribution in [-0.2, 0) is 6.42 Å². The Labute approximate surface area is 100 Å². The highest BCUT2D eigenvalue weighted by atomic mass is 35.5. The Morgan fingerprint density at radius 3 is 3.07 bits per heavy atom. The van der Waals surface area contributed by atoms with Crippen molar-refractivity contribution in [2.75, 3.05) is 11.5 Å². The van der Waals surface area contributed by atoms with Crippen LogP contribution in [0.4, 0.5) is 0 Å². The van der Waals surface area contributed by atoms with E-state index in [0.717, 1.165) is 17.9 Å². The van der Waals surface area contributed by atoms with Crippen LogP contribution in [0.15, 0.2) is 24.3 Å². The van der Waals surface area contributed by atoms with E-state index < -0.39 is 0 Å². The molecule has 0 bridgehead atoms. The zero-order chi connectivity index (χ0) is 10.7. The van der Waals surface area contributed by atoms with Crippen LogP contribution in [-0.4, -0.2) is 17.5 Å². The summed E-state index contributed by atoms with van der Waals surface area (Å²) >= 11 is 7.98. The van der Waals surface area contributed by atoms with E-state index in [4.69, 9.17) is 17.3 Å². The molecular formula is C12H16ClNS. The van der Waals surface area contributed by atoms with Gasteiger partial charge in [0.15, 0.2) is 0 Å². The molecule has 1 saturated heterocycles. The summed E-state index contributed by atoms with van der Waals surface area (Å²) in [4.78, 5) is 0. The van der Waals surface area contributed by atoms with Crippen molar-refractivity contribution in [1.29, 1.82) is 0 Å². The van der Waals surface area contributed by atoms with Gasteiger partial charge in [-0.25, -0.2) is 0 Å². The number of benzene rings is 1. The molecule has 0 radical (unpaired) electrons. The fourth-order valence-electron chi connectivity index (χ4n) is 1.99. The van der Waals surface area contributed by atoms with Gasteiger partial charge in [0.05, 0.1) is 0 Å². The molecular weight excluding hydrogens is 226 g/mol. The molecule has 2 N–H and O–H groups in total. The lowest BCUT2D eigenvalue weighted by Gasteiger charge is -2.28. The Morgan fingerprint density at radius 2 is 2.33 bits per heavy atom. The minimum Gasteiger partial charge on any atom is -0.327 e. The highest BCUT2D eigenvalue weighted by Gasteiger charge is 2.22. The number of thioether (sulfide) groups is 1. The topological polar surface area (TPSA) is 26.0 Å². The number of rotatable bonds is 2. The molecule has 82 valence electrons. The van der Waals surface area contributed by atoms with E-state index in [0.29, 0.717) is 12.0 Å². The monoisotopic (exact) mass is 241 g/mol. The Bertz CT molecular complexity index is 329. The van der Waals surface area contributed by atoms with Crippen LogP contribution in [0.3, 0.4) is 0 Å². The van der Waals surface area contributed by atoms with Crippen molar-refractivity contribution >= 4 is 23.4 Å². The highest BCUT2D eigenvalue weighted by Crippen LogP contribution is 2.25. The van der Waals surface area contributed by atoms with Crippen molar-refractivity contribution in [2.45, 2.75) is 18.9 Å². The van der Waals surface area contributed by atoms with E-state index in [2.05, 4.69) is 6.07 Å². The largest absolute Gasteiger partial charge is 0.327 e. The van der Waals surface area contributed by atoms with Crippen LogP contribution < -0.4 is 5.73 Å². The maximum atomic E-state index is 6.12. The first-order valence-corrected chi connectivity index (χ1v) is 6.87. The molecule has 15 heavy (non-hydrogen) atoms. The summed E-state index contributed by atoms with van der Waals surface area (Å²) in [5.74, 6) is 3.02. The molecule has 1 aromatic carbocycles. The molecule has 0 aromatic heterocycles. The van der Waals surface area contributed by atoms with E-state index in [1.54, 1.807) is 0 Å². The molecule has 2 rings (SSSR count). The Hall–Kier alpha value is -0.180. The average Bonchev–Trinajstić information content (AvgIpc) is 2.22. The Balaban J connectivity index is 2.01. The summed E-state index contributed by atoms with van der Waals surface area (Å²) in [5.41, 5.74) is 7.43. The zero-order valence-corrected chi connectivity index (χ0v) is 10.2. The van der Waals surface area contributed by atoms with Gasteiger partial charge in [-0.1, -0.05) is 23.7 Å². The van der Waals surface area contributed by atoms with Crippen molar-refractivity contribution in [1.82, 2.24) is 0 Å². The number of hydrogen-bond acceptors (Lipinski definition) is 2. The fraction of sp³-hybridized carbons (Fsp3) is 0.500. The van der Waals surface area contributed by atoms with Gasteiger partial charge in [0.1, 0.15) is 0 Å². The minimum absolute atomic E-state index is 0.366. The Morgan fingerprint density at radius 1 is 1.47 bits per heavy atom. The quantitative estimate of drug-likeness (QED) is 0.862. The molecule has 1 aliphatic rings. The summed E-state index contributed by atoms with van der Waals surface area (Å²) in [5, 5.41) is 0.824. The molecule has 1 aliphatic heterocycles. The number of halogens is 1. The third kappa shape index (κ3) is 3.13. The molecule has 1 fully saturated rings. The molecule has 3 heteroatoms. The van der Waals surface area contributed by atoms with Gasteiger partial charge in [-0.05, 0) is 48.0 Å². The summed E-state index contributed by atoms with van der Waals surface area (Å²) < 4.78 is 0. The van der Waals surface area contributed by atoms with Gasteiger partial charge in [-0.2, -0.15) is 11.8 Å². The van der Waals surface area contributed by atoms with Gasteiger partial charge < -0.3 is 5.73 Å². The van der Waals surface area contributed by atoms with Gasteiger partial charge in [0.2, 0.25) is 0 Å². The third-order valence-corrected chi connectivity index (χ3v) is 4.34. The Kier molecular flexibility index (Phi) is 3.95. The molecule has 2 atom stereocenters. The molecule has 0 spiro atoms. The molecule has 0 amide bonds.